The first-order valence-corrected chi connectivity index (χ1v) is 7.25. The molecular formula is C11H12ClN5OS. The standard InChI is InChI=1S/C11H12ClN5OS/c1-2-8-13-7(12)5-9(14-8)19-11-16-15-10(18)17(11)6-3-4-6/h5-6H,2-4H2,1H3,(H,15,18). The highest BCUT2D eigenvalue weighted by molar-refractivity contribution is 7.99. The molecule has 1 saturated carbocycles. The number of rotatable bonds is 4. The highest BCUT2D eigenvalue weighted by Gasteiger charge is 2.28. The van der Waals surface area contributed by atoms with Crippen LogP contribution >= 0.6 is 23.4 Å². The monoisotopic (exact) mass is 297 g/mol. The largest absolute Gasteiger partial charge is 0.344 e. The second-order valence-electron chi connectivity index (χ2n) is 4.31. The van der Waals surface area contributed by atoms with Gasteiger partial charge in [0.1, 0.15) is 16.0 Å². The van der Waals surface area contributed by atoms with E-state index in [1.54, 1.807) is 10.6 Å². The van der Waals surface area contributed by atoms with Gasteiger partial charge in [0.05, 0.1) is 0 Å². The van der Waals surface area contributed by atoms with Crippen molar-refractivity contribution in [2.24, 2.45) is 0 Å². The Morgan fingerprint density at radius 1 is 1.53 bits per heavy atom. The summed E-state index contributed by atoms with van der Waals surface area (Å²) >= 11 is 7.29. The van der Waals surface area contributed by atoms with Crippen molar-refractivity contribution in [3.8, 4) is 0 Å². The minimum Gasteiger partial charge on any atom is -0.267 e. The molecule has 1 aliphatic carbocycles. The highest BCUT2D eigenvalue weighted by Crippen LogP contribution is 2.37. The van der Waals surface area contributed by atoms with Crippen LogP contribution < -0.4 is 5.69 Å². The first kappa shape index (κ1) is 12.7. The zero-order chi connectivity index (χ0) is 13.4. The van der Waals surface area contributed by atoms with E-state index in [-0.39, 0.29) is 11.7 Å². The molecule has 0 bridgehead atoms. The molecule has 1 fully saturated rings. The van der Waals surface area contributed by atoms with Crippen molar-refractivity contribution in [2.45, 2.75) is 42.4 Å². The Labute approximate surface area is 118 Å². The number of aromatic nitrogens is 5. The second kappa shape index (κ2) is 4.97. The molecule has 19 heavy (non-hydrogen) atoms. The van der Waals surface area contributed by atoms with Crippen LogP contribution in [0.25, 0.3) is 0 Å². The van der Waals surface area contributed by atoms with E-state index in [1.807, 2.05) is 6.92 Å². The molecule has 0 aromatic carbocycles. The molecule has 8 heteroatoms. The highest BCUT2D eigenvalue weighted by atomic mass is 35.5. The number of nitrogens with zero attached hydrogens (tertiary/aromatic N) is 4. The minimum absolute atomic E-state index is 0.166. The molecule has 0 atom stereocenters. The maximum atomic E-state index is 11.7. The number of hydrogen-bond donors (Lipinski definition) is 1. The fraction of sp³-hybridized carbons (Fsp3) is 0.455. The second-order valence-corrected chi connectivity index (χ2v) is 5.69. The lowest BCUT2D eigenvalue weighted by Gasteiger charge is -2.04. The fourth-order valence-corrected chi connectivity index (χ4v) is 2.96. The maximum absolute atomic E-state index is 11.7. The number of H-pyrrole nitrogens is 1. The summed E-state index contributed by atoms with van der Waals surface area (Å²) in [6.45, 7) is 1.97. The predicted molar refractivity (Wildman–Crippen MR) is 71.7 cm³/mol. The minimum atomic E-state index is -0.166. The average molecular weight is 298 g/mol. The Kier molecular flexibility index (Phi) is 3.32. The van der Waals surface area contributed by atoms with E-state index in [0.29, 0.717) is 27.6 Å². The molecule has 2 aromatic rings. The van der Waals surface area contributed by atoms with Crippen molar-refractivity contribution in [2.75, 3.05) is 0 Å². The third kappa shape index (κ3) is 2.66. The van der Waals surface area contributed by atoms with Crippen molar-refractivity contribution >= 4 is 23.4 Å². The molecule has 0 aliphatic heterocycles. The molecule has 100 valence electrons. The summed E-state index contributed by atoms with van der Waals surface area (Å²) in [4.78, 5) is 20.2. The van der Waals surface area contributed by atoms with E-state index in [9.17, 15) is 4.79 Å². The summed E-state index contributed by atoms with van der Waals surface area (Å²) in [6, 6.07) is 1.96. The summed E-state index contributed by atoms with van der Waals surface area (Å²) in [5.41, 5.74) is -0.166. The van der Waals surface area contributed by atoms with Crippen LogP contribution in [0.5, 0.6) is 0 Å². The van der Waals surface area contributed by atoms with Crippen LogP contribution in [0.1, 0.15) is 31.6 Å². The molecule has 1 aliphatic rings. The van der Waals surface area contributed by atoms with Crippen molar-refractivity contribution in [1.29, 1.82) is 0 Å². The lowest BCUT2D eigenvalue weighted by Crippen LogP contribution is -2.16. The third-order valence-corrected chi connectivity index (χ3v) is 3.90. The Morgan fingerprint density at radius 2 is 2.32 bits per heavy atom. The van der Waals surface area contributed by atoms with Crippen molar-refractivity contribution in [3.63, 3.8) is 0 Å². The van der Waals surface area contributed by atoms with Gasteiger partial charge < -0.3 is 0 Å². The van der Waals surface area contributed by atoms with Gasteiger partial charge in [0.15, 0.2) is 5.16 Å². The van der Waals surface area contributed by atoms with Crippen LogP contribution in [0.4, 0.5) is 0 Å². The van der Waals surface area contributed by atoms with Crippen molar-refractivity contribution in [1.82, 2.24) is 24.7 Å². The zero-order valence-electron chi connectivity index (χ0n) is 10.3. The average Bonchev–Trinajstić information content (AvgIpc) is 3.14. The summed E-state index contributed by atoms with van der Waals surface area (Å²) in [5, 5.41) is 8.27. The topological polar surface area (TPSA) is 76.5 Å². The Morgan fingerprint density at radius 3 is 3.00 bits per heavy atom. The Balaban J connectivity index is 1.93. The molecule has 0 radical (unpaired) electrons. The SMILES string of the molecule is CCc1nc(Cl)cc(Sc2n[nH]c(=O)n2C2CC2)n1. The van der Waals surface area contributed by atoms with E-state index in [1.165, 1.54) is 11.8 Å². The van der Waals surface area contributed by atoms with Crippen LogP contribution in [0, 0.1) is 0 Å². The number of hydrogen-bond acceptors (Lipinski definition) is 5. The molecule has 2 aromatic heterocycles. The van der Waals surface area contributed by atoms with Gasteiger partial charge in [-0.1, -0.05) is 18.5 Å². The quantitative estimate of drug-likeness (QED) is 0.874. The Hall–Kier alpha value is -1.34. The van der Waals surface area contributed by atoms with Crippen molar-refractivity contribution in [3.05, 3.63) is 27.5 Å². The Bertz CT molecular complexity index is 663. The van der Waals surface area contributed by atoms with Gasteiger partial charge >= 0.3 is 5.69 Å². The number of aryl methyl sites for hydroxylation is 1. The van der Waals surface area contributed by atoms with Crippen molar-refractivity contribution < 1.29 is 0 Å². The van der Waals surface area contributed by atoms with Gasteiger partial charge in [-0.25, -0.2) is 19.9 Å². The van der Waals surface area contributed by atoms with Crippen LogP contribution in [-0.4, -0.2) is 24.7 Å². The molecular weight excluding hydrogens is 286 g/mol. The molecule has 1 N–H and O–H groups in total. The molecule has 0 spiro atoms. The summed E-state index contributed by atoms with van der Waals surface area (Å²) in [6.07, 6.45) is 2.76. The third-order valence-electron chi connectivity index (χ3n) is 2.81. The van der Waals surface area contributed by atoms with E-state index in [2.05, 4.69) is 20.2 Å². The van der Waals surface area contributed by atoms with E-state index in [4.69, 9.17) is 11.6 Å². The molecule has 3 rings (SSSR count). The maximum Gasteiger partial charge on any atom is 0.344 e. The first-order chi connectivity index (χ1) is 9.17. The van der Waals surface area contributed by atoms with Gasteiger partial charge in [0.25, 0.3) is 0 Å². The van der Waals surface area contributed by atoms with E-state index in [0.717, 1.165) is 12.8 Å². The van der Waals surface area contributed by atoms with Crippen LogP contribution in [0.15, 0.2) is 21.0 Å². The summed E-state index contributed by atoms with van der Waals surface area (Å²) in [5.74, 6) is 0.686. The lowest BCUT2D eigenvalue weighted by molar-refractivity contribution is 0.642. The number of aromatic amines is 1. The smallest absolute Gasteiger partial charge is 0.267 e. The summed E-state index contributed by atoms with van der Waals surface area (Å²) in [7, 11) is 0. The van der Waals surface area contributed by atoms with Gasteiger partial charge in [0.2, 0.25) is 0 Å². The number of halogens is 1. The molecule has 0 saturated heterocycles. The van der Waals surface area contributed by atoms with Crippen LogP contribution in [0.3, 0.4) is 0 Å². The van der Waals surface area contributed by atoms with Gasteiger partial charge in [0, 0.05) is 18.5 Å². The molecule has 2 heterocycles. The molecule has 0 unspecified atom stereocenters. The van der Waals surface area contributed by atoms with E-state index >= 15 is 0 Å². The first-order valence-electron chi connectivity index (χ1n) is 6.05. The number of nitrogens with one attached hydrogen (secondary N) is 1. The fourth-order valence-electron chi connectivity index (χ4n) is 1.76. The van der Waals surface area contributed by atoms with Crippen LogP contribution in [0.2, 0.25) is 5.15 Å². The summed E-state index contributed by atoms with van der Waals surface area (Å²) < 4.78 is 1.69. The predicted octanol–water partition coefficient (Wildman–Crippen LogP) is 2.06. The zero-order valence-corrected chi connectivity index (χ0v) is 11.8. The van der Waals surface area contributed by atoms with Gasteiger partial charge in [-0.2, -0.15) is 0 Å². The molecule has 6 nitrogen and oxygen atoms in total. The van der Waals surface area contributed by atoms with Gasteiger partial charge in [-0.3, -0.25) is 4.57 Å². The normalized spacial score (nSPS) is 14.8. The van der Waals surface area contributed by atoms with Crippen LogP contribution in [-0.2, 0) is 6.42 Å². The van der Waals surface area contributed by atoms with Gasteiger partial charge in [-0.15, -0.1) is 5.10 Å². The molecule has 0 amide bonds. The van der Waals surface area contributed by atoms with Gasteiger partial charge in [-0.05, 0) is 24.6 Å². The lowest BCUT2D eigenvalue weighted by atomic mass is 10.4. The van der Waals surface area contributed by atoms with E-state index < -0.39 is 0 Å².